The monoisotopic (exact) mass is 739 g/mol. The molecule has 4 amide bonds. The Hall–Kier alpha value is -4.72. The Kier molecular flexibility index (Phi) is 13.6. The van der Waals surface area contributed by atoms with Crippen molar-refractivity contribution in [2.24, 2.45) is 11.8 Å². The predicted molar refractivity (Wildman–Crippen MR) is 192 cm³/mol. The van der Waals surface area contributed by atoms with E-state index < -0.39 is 41.2 Å². The molecule has 15 heteroatoms. The van der Waals surface area contributed by atoms with Crippen LogP contribution >= 0.6 is 11.6 Å². The number of nitrogens with zero attached hydrogens (tertiary/aromatic N) is 4. The summed E-state index contributed by atoms with van der Waals surface area (Å²) in [4.78, 5) is 72.0. The van der Waals surface area contributed by atoms with Crippen LogP contribution in [0.3, 0.4) is 0 Å². The molecule has 0 unspecified atom stereocenters. The lowest BCUT2D eigenvalue weighted by Gasteiger charge is -2.31. The Morgan fingerprint density at radius 3 is 2.33 bits per heavy atom. The van der Waals surface area contributed by atoms with Crippen LogP contribution in [0.4, 0.5) is 4.39 Å². The van der Waals surface area contributed by atoms with Gasteiger partial charge in [0.15, 0.2) is 0 Å². The van der Waals surface area contributed by atoms with Gasteiger partial charge in [0.2, 0.25) is 29.4 Å². The van der Waals surface area contributed by atoms with Gasteiger partial charge in [0, 0.05) is 35.3 Å². The Balaban J connectivity index is 1.31. The summed E-state index contributed by atoms with van der Waals surface area (Å²) in [7, 11) is 0. The van der Waals surface area contributed by atoms with E-state index in [1.807, 2.05) is 27.7 Å². The lowest BCUT2D eigenvalue weighted by atomic mass is 9.96. The standard InChI is InChI=1S/C37H47ClFN7O6/c1-21(2)29(31(48)35-45-44-34(52-35)23-12-14-25(39)15-13-23)42-33(50)27-10-9-19-46(27)36(51)30(22(3)4)41-28(47)11-7-8-17-37(5,6)43-32(49)26-20-24(38)16-18-40-26/h12-16,18,20-22,27,29-30H,7-11,17,19H2,1-6H3,(H,41,47)(H,42,50)(H,43,49)/t27-,29-,30-/m0/s1. The highest BCUT2D eigenvalue weighted by Crippen LogP contribution is 2.23. The SMILES string of the molecule is CC(C)[C@H](NC(=O)[C@@H]1CCCN1C(=O)[C@@H](NC(=O)CCCCC(C)(C)NC(=O)c1cc(Cl)ccn1)C(C)C)C(=O)c1nnc(-c2ccc(F)cc2)o1. The molecule has 1 aliphatic rings. The van der Waals surface area contributed by atoms with Crippen LogP contribution < -0.4 is 16.0 Å². The van der Waals surface area contributed by atoms with Gasteiger partial charge in [0.25, 0.3) is 11.8 Å². The van der Waals surface area contributed by atoms with Crippen LogP contribution in [0.25, 0.3) is 11.5 Å². The summed E-state index contributed by atoms with van der Waals surface area (Å²) in [6, 6.07) is 5.75. The van der Waals surface area contributed by atoms with Crippen molar-refractivity contribution < 1.29 is 32.8 Å². The smallest absolute Gasteiger partial charge is 0.286 e. The molecule has 0 bridgehead atoms. The van der Waals surface area contributed by atoms with Crippen molar-refractivity contribution in [3.8, 4) is 11.5 Å². The van der Waals surface area contributed by atoms with Gasteiger partial charge in [0.1, 0.15) is 23.6 Å². The summed E-state index contributed by atoms with van der Waals surface area (Å²) in [6.07, 6.45) is 4.39. The molecule has 3 heterocycles. The zero-order valence-corrected chi connectivity index (χ0v) is 31.1. The maximum atomic E-state index is 13.8. The fourth-order valence-electron chi connectivity index (χ4n) is 6.01. The van der Waals surface area contributed by atoms with E-state index in [0.29, 0.717) is 49.2 Å². The van der Waals surface area contributed by atoms with Gasteiger partial charge in [-0.25, -0.2) is 4.39 Å². The molecule has 3 atom stereocenters. The third-order valence-corrected chi connectivity index (χ3v) is 9.16. The number of aromatic nitrogens is 3. The number of unbranched alkanes of at least 4 members (excludes halogenated alkanes) is 1. The number of Topliss-reactive ketones (excluding diaryl/α,β-unsaturated/α-hetero) is 1. The lowest BCUT2D eigenvalue weighted by molar-refractivity contribution is -0.142. The van der Waals surface area contributed by atoms with Gasteiger partial charge in [-0.1, -0.05) is 45.7 Å². The second-order valence-corrected chi connectivity index (χ2v) is 14.8. The first kappa shape index (κ1) is 40.1. The maximum absolute atomic E-state index is 13.8. The highest BCUT2D eigenvalue weighted by atomic mass is 35.5. The molecule has 13 nitrogen and oxygen atoms in total. The van der Waals surface area contributed by atoms with E-state index in [9.17, 15) is 28.4 Å². The summed E-state index contributed by atoms with van der Waals surface area (Å²) >= 11 is 5.98. The molecular weight excluding hydrogens is 693 g/mol. The molecule has 1 saturated heterocycles. The molecule has 1 fully saturated rings. The minimum absolute atomic E-state index is 0.0339. The number of amides is 4. The maximum Gasteiger partial charge on any atom is 0.286 e. The molecule has 0 aliphatic carbocycles. The van der Waals surface area contributed by atoms with Crippen LogP contribution in [0.2, 0.25) is 5.02 Å². The highest BCUT2D eigenvalue weighted by molar-refractivity contribution is 6.30. The van der Waals surface area contributed by atoms with Crippen LogP contribution in [0.1, 0.15) is 101 Å². The molecule has 1 aliphatic heterocycles. The Morgan fingerprint density at radius 2 is 1.67 bits per heavy atom. The quantitative estimate of drug-likeness (QED) is 0.133. The largest absolute Gasteiger partial charge is 0.414 e. The number of nitrogens with one attached hydrogen (secondary N) is 3. The van der Waals surface area contributed by atoms with E-state index in [1.54, 1.807) is 19.9 Å². The van der Waals surface area contributed by atoms with E-state index in [-0.39, 0.29) is 53.5 Å². The number of pyridine rings is 1. The van der Waals surface area contributed by atoms with Gasteiger partial charge in [0.05, 0.1) is 6.04 Å². The number of likely N-dealkylation sites (tertiary alicyclic amines) is 1. The van der Waals surface area contributed by atoms with Crippen molar-refractivity contribution in [3.63, 3.8) is 0 Å². The van der Waals surface area contributed by atoms with Crippen molar-refractivity contribution in [2.45, 2.75) is 104 Å². The number of carbonyl (C=O) groups is 5. The molecule has 0 saturated carbocycles. The summed E-state index contributed by atoms with van der Waals surface area (Å²) in [5.74, 6) is -3.40. The summed E-state index contributed by atoms with van der Waals surface area (Å²) in [5.41, 5.74) is 0.0940. The van der Waals surface area contributed by atoms with Crippen molar-refractivity contribution in [1.29, 1.82) is 0 Å². The topological polar surface area (TPSA) is 176 Å². The number of ketones is 1. The molecule has 1 aromatic carbocycles. The van der Waals surface area contributed by atoms with Crippen LogP contribution in [0.5, 0.6) is 0 Å². The first-order chi connectivity index (χ1) is 24.6. The number of halogens is 2. The predicted octanol–water partition coefficient (Wildman–Crippen LogP) is 5.15. The summed E-state index contributed by atoms with van der Waals surface area (Å²) in [6.45, 7) is 11.3. The molecule has 3 N–H and O–H groups in total. The number of hydrogen-bond acceptors (Lipinski definition) is 9. The van der Waals surface area contributed by atoms with E-state index >= 15 is 0 Å². The molecule has 280 valence electrons. The van der Waals surface area contributed by atoms with E-state index in [0.717, 1.165) is 0 Å². The van der Waals surface area contributed by atoms with Gasteiger partial charge in [-0.2, -0.15) is 0 Å². The number of carbonyl (C=O) groups excluding carboxylic acids is 5. The Labute approximate surface area is 307 Å². The molecule has 3 aromatic rings. The van der Waals surface area contributed by atoms with Gasteiger partial charge in [-0.05, 0) is 87.8 Å². The Bertz CT molecular complexity index is 1750. The Morgan fingerprint density at radius 1 is 0.981 bits per heavy atom. The third-order valence-electron chi connectivity index (χ3n) is 8.92. The highest BCUT2D eigenvalue weighted by Gasteiger charge is 2.40. The fourth-order valence-corrected chi connectivity index (χ4v) is 6.17. The minimum Gasteiger partial charge on any atom is -0.414 e. The fraction of sp³-hybridized carbons (Fsp3) is 0.514. The number of hydrogen-bond donors (Lipinski definition) is 3. The van der Waals surface area contributed by atoms with Gasteiger partial charge in [-0.3, -0.25) is 29.0 Å². The van der Waals surface area contributed by atoms with Crippen molar-refractivity contribution >= 4 is 41.0 Å². The van der Waals surface area contributed by atoms with Crippen LogP contribution in [-0.4, -0.2) is 79.7 Å². The van der Waals surface area contributed by atoms with E-state index in [1.165, 1.54) is 41.4 Å². The van der Waals surface area contributed by atoms with E-state index in [4.69, 9.17) is 16.0 Å². The average Bonchev–Trinajstić information content (AvgIpc) is 3.78. The number of rotatable bonds is 16. The zero-order valence-electron chi connectivity index (χ0n) is 30.4. The zero-order chi connectivity index (χ0) is 38.2. The van der Waals surface area contributed by atoms with Gasteiger partial charge in [-0.15, -0.1) is 10.2 Å². The molecule has 0 spiro atoms. The molecule has 52 heavy (non-hydrogen) atoms. The van der Waals surface area contributed by atoms with Crippen molar-refractivity contribution in [1.82, 2.24) is 36.0 Å². The van der Waals surface area contributed by atoms with Gasteiger partial charge >= 0.3 is 0 Å². The van der Waals surface area contributed by atoms with Crippen LogP contribution in [0.15, 0.2) is 47.0 Å². The minimum atomic E-state index is -1.01. The van der Waals surface area contributed by atoms with Gasteiger partial charge < -0.3 is 25.3 Å². The van der Waals surface area contributed by atoms with Crippen LogP contribution in [-0.2, 0) is 14.4 Å². The number of benzene rings is 1. The molecule has 0 radical (unpaired) electrons. The van der Waals surface area contributed by atoms with E-state index in [2.05, 4.69) is 31.1 Å². The summed E-state index contributed by atoms with van der Waals surface area (Å²) in [5, 5.41) is 16.8. The first-order valence-corrected chi connectivity index (χ1v) is 17.9. The molecule has 4 rings (SSSR count). The molecular formula is C37H47ClFN7O6. The second kappa shape index (κ2) is 17.7. The normalized spacial score (nSPS) is 15.7. The lowest BCUT2D eigenvalue weighted by Crippen LogP contribution is -2.57. The average molecular weight is 740 g/mol. The summed E-state index contributed by atoms with van der Waals surface area (Å²) < 4.78 is 18.9. The van der Waals surface area contributed by atoms with Crippen LogP contribution in [0, 0.1) is 17.7 Å². The third kappa shape index (κ3) is 10.7. The van der Waals surface area contributed by atoms with Crippen molar-refractivity contribution in [3.05, 3.63) is 65.0 Å². The first-order valence-electron chi connectivity index (χ1n) is 17.5. The molecule has 2 aromatic heterocycles. The second-order valence-electron chi connectivity index (χ2n) is 14.4. The van der Waals surface area contributed by atoms with Crippen molar-refractivity contribution in [2.75, 3.05) is 6.54 Å².